The zero-order valence-corrected chi connectivity index (χ0v) is 10.9. The van der Waals surface area contributed by atoms with Crippen molar-refractivity contribution in [2.24, 2.45) is 5.73 Å². The molecule has 7 heteroatoms. The van der Waals surface area contributed by atoms with Gasteiger partial charge in [0, 0.05) is 22.8 Å². The van der Waals surface area contributed by atoms with E-state index >= 15 is 0 Å². The van der Waals surface area contributed by atoms with Crippen LogP contribution in [-0.4, -0.2) is 6.09 Å². The quantitative estimate of drug-likeness (QED) is 0.851. The first-order valence-corrected chi connectivity index (χ1v) is 5.82. The maximum Gasteiger partial charge on any atom is 0.410 e. The van der Waals surface area contributed by atoms with Gasteiger partial charge in [0.25, 0.3) is 0 Å². The standard InChI is InChI=1S/C13H10ClFN2O3/c14-7-3-9(16)6-10(4-7)19-12-5-8(15)1-2-11(12)20-13(17)18/h1-6H,16H2,(H2,17,18). The third kappa shape index (κ3) is 3.52. The first-order valence-electron chi connectivity index (χ1n) is 5.45. The predicted molar refractivity (Wildman–Crippen MR) is 72.5 cm³/mol. The molecular formula is C13H10ClFN2O3. The number of benzene rings is 2. The molecule has 104 valence electrons. The molecule has 0 heterocycles. The van der Waals surface area contributed by atoms with Gasteiger partial charge >= 0.3 is 6.09 Å². The van der Waals surface area contributed by atoms with E-state index in [0.717, 1.165) is 12.1 Å². The summed E-state index contributed by atoms with van der Waals surface area (Å²) in [6.07, 6.45) is -1.04. The summed E-state index contributed by atoms with van der Waals surface area (Å²) < 4.78 is 23.4. The number of nitrogens with two attached hydrogens (primary N) is 2. The van der Waals surface area contributed by atoms with Crippen LogP contribution in [0.25, 0.3) is 0 Å². The van der Waals surface area contributed by atoms with E-state index in [1.165, 1.54) is 24.3 Å². The van der Waals surface area contributed by atoms with E-state index in [2.05, 4.69) is 0 Å². The zero-order valence-electron chi connectivity index (χ0n) is 10.1. The maximum atomic E-state index is 13.2. The van der Waals surface area contributed by atoms with Gasteiger partial charge in [0.1, 0.15) is 11.6 Å². The molecule has 2 rings (SSSR count). The second-order valence-electron chi connectivity index (χ2n) is 3.83. The molecule has 0 aliphatic rings. The number of nitrogen functional groups attached to an aromatic ring is 1. The highest BCUT2D eigenvalue weighted by atomic mass is 35.5. The van der Waals surface area contributed by atoms with Crippen LogP contribution >= 0.6 is 11.6 Å². The number of hydrogen-bond donors (Lipinski definition) is 2. The summed E-state index contributed by atoms with van der Waals surface area (Å²) in [6.45, 7) is 0. The molecule has 1 amide bonds. The summed E-state index contributed by atoms with van der Waals surface area (Å²) in [7, 11) is 0. The van der Waals surface area contributed by atoms with Crippen LogP contribution < -0.4 is 20.9 Å². The minimum Gasteiger partial charge on any atom is -0.453 e. The molecule has 5 nitrogen and oxygen atoms in total. The van der Waals surface area contributed by atoms with Gasteiger partial charge in [0.15, 0.2) is 11.5 Å². The van der Waals surface area contributed by atoms with E-state index in [9.17, 15) is 9.18 Å². The Balaban J connectivity index is 2.36. The Morgan fingerprint density at radius 1 is 1.15 bits per heavy atom. The maximum absolute atomic E-state index is 13.2. The van der Waals surface area contributed by atoms with Gasteiger partial charge < -0.3 is 20.9 Å². The third-order valence-corrected chi connectivity index (χ3v) is 2.46. The van der Waals surface area contributed by atoms with Crippen molar-refractivity contribution in [1.82, 2.24) is 0 Å². The summed E-state index contributed by atoms with van der Waals surface area (Å²) in [5.41, 5.74) is 10.9. The van der Waals surface area contributed by atoms with Gasteiger partial charge in [-0.1, -0.05) is 11.6 Å². The number of rotatable bonds is 3. The zero-order chi connectivity index (χ0) is 14.7. The molecule has 2 aromatic carbocycles. The van der Waals surface area contributed by atoms with Gasteiger partial charge in [-0.2, -0.15) is 0 Å². The lowest BCUT2D eigenvalue weighted by molar-refractivity contribution is 0.209. The first kappa shape index (κ1) is 14.0. The Hall–Kier alpha value is -2.47. The van der Waals surface area contributed by atoms with Crippen molar-refractivity contribution in [3.05, 3.63) is 47.2 Å². The van der Waals surface area contributed by atoms with E-state index in [4.69, 9.17) is 32.5 Å². The van der Waals surface area contributed by atoms with Crippen LogP contribution in [0.15, 0.2) is 36.4 Å². The summed E-state index contributed by atoms with van der Waals surface area (Å²) >= 11 is 5.83. The monoisotopic (exact) mass is 296 g/mol. The fourth-order valence-electron chi connectivity index (χ4n) is 1.52. The highest BCUT2D eigenvalue weighted by Crippen LogP contribution is 2.34. The lowest BCUT2D eigenvalue weighted by atomic mass is 10.3. The number of carbonyl (C=O) groups is 1. The Morgan fingerprint density at radius 2 is 1.90 bits per heavy atom. The average Bonchev–Trinajstić information content (AvgIpc) is 2.31. The number of primary amides is 1. The molecular weight excluding hydrogens is 287 g/mol. The number of amides is 1. The smallest absolute Gasteiger partial charge is 0.410 e. The van der Waals surface area contributed by atoms with Crippen molar-refractivity contribution >= 4 is 23.4 Å². The van der Waals surface area contributed by atoms with E-state index in [1.807, 2.05) is 0 Å². The molecule has 0 spiro atoms. The van der Waals surface area contributed by atoms with Crippen LogP contribution in [0, 0.1) is 5.82 Å². The third-order valence-electron chi connectivity index (χ3n) is 2.24. The molecule has 0 aromatic heterocycles. The van der Waals surface area contributed by atoms with Gasteiger partial charge in [-0.15, -0.1) is 0 Å². The van der Waals surface area contributed by atoms with Crippen molar-refractivity contribution in [3.63, 3.8) is 0 Å². The van der Waals surface area contributed by atoms with Crippen LogP contribution in [-0.2, 0) is 0 Å². The van der Waals surface area contributed by atoms with Crippen molar-refractivity contribution < 1.29 is 18.7 Å². The van der Waals surface area contributed by atoms with Crippen LogP contribution in [0.4, 0.5) is 14.9 Å². The van der Waals surface area contributed by atoms with Crippen LogP contribution in [0.3, 0.4) is 0 Å². The van der Waals surface area contributed by atoms with Gasteiger partial charge in [-0.25, -0.2) is 9.18 Å². The van der Waals surface area contributed by atoms with Crippen molar-refractivity contribution in [2.45, 2.75) is 0 Å². The highest BCUT2D eigenvalue weighted by molar-refractivity contribution is 6.31. The van der Waals surface area contributed by atoms with Crippen molar-refractivity contribution in [3.8, 4) is 17.2 Å². The van der Waals surface area contributed by atoms with E-state index in [0.29, 0.717) is 10.7 Å². The number of halogens is 2. The average molecular weight is 297 g/mol. The SMILES string of the molecule is NC(=O)Oc1ccc(F)cc1Oc1cc(N)cc(Cl)c1. The van der Waals surface area contributed by atoms with Crippen LogP contribution in [0.1, 0.15) is 0 Å². The van der Waals surface area contributed by atoms with Gasteiger partial charge in [-0.05, 0) is 24.3 Å². The highest BCUT2D eigenvalue weighted by Gasteiger charge is 2.11. The molecule has 0 saturated heterocycles. The summed E-state index contributed by atoms with van der Waals surface area (Å²) in [6, 6.07) is 7.89. The summed E-state index contributed by atoms with van der Waals surface area (Å²) in [4.78, 5) is 10.8. The summed E-state index contributed by atoms with van der Waals surface area (Å²) in [5, 5.41) is 0.355. The second kappa shape index (κ2) is 5.66. The molecule has 0 radical (unpaired) electrons. The molecule has 0 atom stereocenters. The Bertz CT molecular complexity index is 644. The van der Waals surface area contributed by atoms with E-state index in [-0.39, 0.29) is 17.2 Å². The fraction of sp³-hybridized carbons (Fsp3) is 0. The van der Waals surface area contributed by atoms with Gasteiger partial charge in [-0.3, -0.25) is 0 Å². The van der Waals surface area contributed by atoms with E-state index in [1.54, 1.807) is 0 Å². The van der Waals surface area contributed by atoms with Crippen LogP contribution in [0.2, 0.25) is 5.02 Å². The predicted octanol–water partition coefficient (Wildman–Crippen LogP) is 3.31. The number of hydrogen-bond acceptors (Lipinski definition) is 4. The topological polar surface area (TPSA) is 87.6 Å². The summed E-state index contributed by atoms with van der Waals surface area (Å²) in [5.74, 6) is -0.329. The van der Waals surface area contributed by atoms with Gasteiger partial charge in [0.05, 0.1) is 0 Å². The molecule has 0 bridgehead atoms. The lowest BCUT2D eigenvalue weighted by Crippen LogP contribution is -2.16. The van der Waals surface area contributed by atoms with Crippen molar-refractivity contribution in [2.75, 3.05) is 5.73 Å². The molecule has 4 N–H and O–H groups in total. The molecule has 0 fully saturated rings. The molecule has 2 aromatic rings. The Labute approximate surface area is 118 Å². The molecule has 0 aliphatic heterocycles. The number of carbonyl (C=O) groups excluding carboxylic acids is 1. The number of ether oxygens (including phenoxy) is 2. The molecule has 0 saturated carbocycles. The normalized spacial score (nSPS) is 10.1. The minimum absolute atomic E-state index is 0.0163. The van der Waals surface area contributed by atoms with Crippen LogP contribution in [0.5, 0.6) is 17.2 Å². The molecule has 0 aliphatic carbocycles. The first-order chi connectivity index (χ1) is 9.44. The largest absolute Gasteiger partial charge is 0.453 e. The molecule has 0 unspecified atom stereocenters. The second-order valence-corrected chi connectivity index (χ2v) is 4.27. The number of anilines is 1. The lowest BCUT2D eigenvalue weighted by Gasteiger charge is -2.11. The minimum atomic E-state index is -1.04. The Morgan fingerprint density at radius 3 is 2.55 bits per heavy atom. The van der Waals surface area contributed by atoms with Crippen molar-refractivity contribution in [1.29, 1.82) is 0 Å². The van der Waals surface area contributed by atoms with E-state index < -0.39 is 11.9 Å². The van der Waals surface area contributed by atoms with Gasteiger partial charge in [0.2, 0.25) is 0 Å². The fourth-order valence-corrected chi connectivity index (χ4v) is 1.76. The Kier molecular flexibility index (Phi) is 3.95. The molecule has 20 heavy (non-hydrogen) atoms.